The smallest absolute Gasteiger partial charge is 0.282 e. The van der Waals surface area contributed by atoms with Gasteiger partial charge in [0.05, 0.1) is 16.2 Å². The number of halogens is 2. The second-order valence-electron chi connectivity index (χ2n) is 5.30. The van der Waals surface area contributed by atoms with E-state index in [1.807, 2.05) is 0 Å². The van der Waals surface area contributed by atoms with E-state index < -0.39 is 10.8 Å². The normalized spacial score (nSPS) is 10.9. The average Bonchev–Trinajstić information content (AvgIpc) is 3.10. The van der Waals surface area contributed by atoms with E-state index in [9.17, 15) is 14.9 Å². The topological polar surface area (TPSA) is 97.7 Å². The molecule has 1 heterocycles. The van der Waals surface area contributed by atoms with E-state index in [0.717, 1.165) is 0 Å². The molecule has 0 aliphatic rings. The summed E-state index contributed by atoms with van der Waals surface area (Å²) in [7, 11) is 0. The van der Waals surface area contributed by atoms with E-state index in [2.05, 4.69) is 10.5 Å². The lowest BCUT2D eigenvalue weighted by molar-refractivity contribution is -0.385. The number of benzene rings is 2. The number of nitro benzene ring substituents is 1. The van der Waals surface area contributed by atoms with E-state index in [0.29, 0.717) is 27.1 Å². The van der Waals surface area contributed by atoms with Gasteiger partial charge < -0.3 is 4.42 Å². The minimum absolute atomic E-state index is 0.0901. The minimum atomic E-state index is -0.703. The summed E-state index contributed by atoms with van der Waals surface area (Å²) in [6.07, 6.45) is 1.28. The van der Waals surface area contributed by atoms with E-state index >= 15 is 0 Å². The molecule has 0 atom stereocenters. The fourth-order valence-electron chi connectivity index (χ4n) is 2.30. The highest BCUT2D eigenvalue weighted by Crippen LogP contribution is 2.31. The first kappa shape index (κ1) is 18.6. The lowest BCUT2D eigenvalue weighted by Gasteiger charge is -2.01. The number of hydrogen-bond acceptors (Lipinski definition) is 5. The second-order valence-corrected chi connectivity index (χ2v) is 6.14. The monoisotopic (exact) mass is 403 g/mol. The van der Waals surface area contributed by atoms with Gasteiger partial charge in [-0.05, 0) is 36.4 Å². The molecule has 0 radical (unpaired) electrons. The molecule has 9 heteroatoms. The second kappa shape index (κ2) is 8.03. The van der Waals surface area contributed by atoms with Crippen molar-refractivity contribution in [3.8, 4) is 11.3 Å². The molecule has 0 aliphatic heterocycles. The summed E-state index contributed by atoms with van der Waals surface area (Å²) in [6, 6.07) is 13.9. The van der Waals surface area contributed by atoms with Crippen LogP contribution in [0.5, 0.6) is 0 Å². The molecule has 0 fully saturated rings. The first-order chi connectivity index (χ1) is 13.0. The third kappa shape index (κ3) is 4.33. The zero-order chi connectivity index (χ0) is 19.4. The van der Waals surface area contributed by atoms with Gasteiger partial charge in [-0.2, -0.15) is 5.10 Å². The van der Waals surface area contributed by atoms with Crippen LogP contribution in [0, 0.1) is 10.1 Å². The number of carbonyl (C=O) groups is 1. The molecular formula is C18H11Cl2N3O4. The first-order valence-corrected chi connectivity index (χ1v) is 8.33. The average molecular weight is 404 g/mol. The zero-order valence-electron chi connectivity index (χ0n) is 13.6. The summed E-state index contributed by atoms with van der Waals surface area (Å²) in [5.41, 5.74) is 2.50. The maximum absolute atomic E-state index is 12.1. The molecule has 0 saturated heterocycles. The molecule has 3 aromatic rings. The van der Waals surface area contributed by atoms with Gasteiger partial charge in [0.1, 0.15) is 17.1 Å². The Morgan fingerprint density at radius 1 is 1.15 bits per heavy atom. The van der Waals surface area contributed by atoms with Crippen LogP contribution in [-0.2, 0) is 0 Å². The Morgan fingerprint density at radius 2 is 1.93 bits per heavy atom. The van der Waals surface area contributed by atoms with E-state index in [4.69, 9.17) is 27.6 Å². The van der Waals surface area contributed by atoms with Gasteiger partial charge in [0.25, 0.3) is 11.6 Å². The number of furan rings is 1. The molecule has 0 aliphatic carbocycles. The largest absolute Gasteiger partial charge is 0.455 e. The lowest BCUT2D eigenvalue weighted by atomic mass is 10.2. The van der Waals surface area contributed by atoms with Crippen LogP contribution in [0.2, 0.25) is 10.0 Å². The predicted molar refractivity (Wildman–Crippen MR) is 102 cm³/mol. The Hall–Kier alpha value is -3.16. The van der Waals surface area contributed by atoms with Gasteiger partial charge in [-0.3, -0.25) is 14.9 Å². The summed E-state index contributed by atoms with van der Waals surface area (Å²) < 4.78 is 5.60. The Labute approximate surface area is 163 Å². The fraction of sp³-hybridized carbons (Fsp3) is 0. The van der Waals surface area contributed by atoms with Gasteiger partial charge in [-0.25, -0.2) is 5.43 Å². The van der Waals surface area contributed by atoms with Gasteiger partial charge in [0.15, 0.2) is 0 Å². The molecule has 1 amide bonds. The van der Waals surface area contributed by atoms with Gasteiger partial charge in [-0.1, -0.05) is 35.3 Å². The summed E-state index contributed by atoms with van der Waals surface area (Å²) in [6.45, 7) is 0. The quantitative estimate of drug-likeness (QED) is 0.371. The summed E-state index contributed by atoms with van der Waals surface area (Å²) in [4.78, 5) is 22.4. The zero-order valence-corrected chi connectivity index (χ0v) is 15.1. The Kier molecular flexibility index (Phi) is 5.54. The number of carbonyl (C=O) groups excluding carboxylic acids is 1. The molecule has 0 unspecified atom stereocenters. The number of nitro groups is 1. The lowest BCUT2D eigenvalue weighted by Crippen LogP contribution is -2.18. The standard InChI is InChI=1S/C18H11Cl2N3O4/c19-11-5-7-13(15(20)9-11)17-8-6-12(27-17)10-21-22-18(24)14-3-1-2-4-16(14)23(25)26/h1-10H,(H,22,24). The molecular weight excluding hydrogens is 393 g/mol. The number of hydrazone groups is 1. The molecule has 2 aromatic carbocycles. The van der Waals surface area contributed by atoms with Crippen molar-refractivity contribution in [2.75, 3.05) is 0 Å². The third-order valence-electron chi connectivity index (χ3n) is 3.53. The molecule has 3 rings (SSSR count). The van der Waals surface area contributed by atoms with Gasteiger partial charge in [0.2, 0.25) is 0 Å². The molecule has 0 spiro atoms. The van der Waals surface area contributed by atoms with Crippen molar-refractivity contribution in [1.29, 1.82) is 0 Å². The number of hydrogen-bond donors (Lipinski definition) is 1. The van der Waals surface area contributed by atoms with E-state index in [1.165, 1.54) is 30.5 Å². The van der Waals surface area contributed by atoms with Crippen molar-refractivity contribution < 1.29 is 14.1 Å². The molecule has 0 saturated carbocycles. The minimum Gasteiger partial charge on any atom is -0.455 e. The highest BCUT2D eigenvalue weighted by atomic mass is 35.5. The SMILES string of the molecule is O=C(NN=Cc1ccc(-c2ccc(Cl)cc2Cl)o1)c1ccccc1[N+](=O)[O-]. The van der Waals surface area contributed by atoms with Gasteiger partial charge in [0, 0.05) is 16.7 Å². The Bertz CT molecular complexity index is 1050. The maximum Gasteiger partial charge on any atom is 0.282 e. The Morgan fingerprint density at radius 3 is 2.67 bits per heavy atom. The third-order valence-corrected chi connectivity index (χ3v) is 4.07. The number of nitrogens with one attached hydrogen (secondary N) is 1. The van der Waals surface area contributed by atoms with Crippen molar-refractivity contribution in [1.82, 2.24) is 5.43 Å². The first-order valence-electron chi connectivity index (χ1n) is 7.58. The molecule has 0 bridgehead atoms. The van der Waals surface area contributed by atoms with Crippen LogP contribution in [-0.4, -0.2) is 17.0 Å². The highest BCUT2D eigenvalue weighted by molar-refractivity contribution is 6.36. The van der Waals surface area contributed by atoms with Crippen molar-refractivity contribution in [3.63, 3.8) is 0 Å². The highest BCUT2D eigenvalue weighted by Gasteiger charge is 2.18. The van der Waals surface area contributed by atoms with Crippen LogP contribution in [0.25, 0.3) is 11.3 Å². The van der Waals surface area contributed by atoms with Crippen molar-refractivity contribution in [2.24, 2.45) is 5.10 Å². The van der Waals surface area contributed by atoms with Gasteiger partial charge >= 0.3 is 0 Å². The van der Waals surface area contributed by atoms with Crippen molar-refractivity contribution >= 4 is 41.0 Å². The number of rotatable bonds is 5. The summed E-state index contributed by atoms with van der Waals surface area (Å²) >= 11 is 12.0. The number of nitrogens with zero attached hydrogens (tertiary/aromatic N) is 2. The van der Waals surface area contributed by atoms with Gasteiger partial charge in [-0.15, -0.1) is 0 Å². The summed E-state index contributed by atoms with van der Waals surface area (Å²) in [5.74, 6) is 0.160. The molecule has 27 heavy (non-hydrogen) atoms. The van der Waals surface area contributed by atoms with Crippen LogP contribution in [0.3, 0.4) is 0 Å². The fourth-order valence-corrected chi connectivity index (χ4v) is 2.80. The van der Waals surface area contributed by atoms with Crippen LogP contribution in [0.1, 0.15) is 16.1 Å². The summed E-state index contributed by atoms with van der Waals surface area (Å²) in [5, 5.41) is 15.7. The van der Waals surface area contributed by atoms with Crippen LogP contribution < -0.4 is 5.43 Å². The number of para-hydroxylation sites is 1. The molecule has 136 valence electrons. The maximum atomic E-state index is 12.1. The van der Waals surface area contributed by atoms with E-state index in [1.54, 1.807) is 30.3 Å². The van der Waals surface area contributed by atoms with Crippen molar-refractivity contribution in [2.45, 2.75) is 0 Å². The van der Waals surface area contributed by atoms with E-state index in [-0.39, 0.29) is 11.3 Å². The molecule has 1 aromatic heterocycles. The predicted octanol–water partition coefficient (Wildman–Crippen LogP) is 4.93. The molecule has 1 N–H and O–H groups in total. The van der Waals surface area contributed by atoms with Crippen molar-refractivity contribution in [3.05, 3.63) is 86.1 Å². The Balaban J connectivity index is 1.72. The van der Waals surface area contributed by atoms with Crippen LogP contribution in [0.15, 0.2) is 64.1 Å². The molecule has 7 nitrogen and oxygen atoms in total. The van der Waals surface area contributed by atoms with Crippen LogP contribution >= 0.6 is 23.2 Å². The number of amides is 1. The van der Waals surface area contributed by atoms with Crippen LogP contribution in [0.4, 0.5) is 5.69 Å².